The second kappa shape index (κ2) is 17.5. The van der Waals surface area contributed by atoms with Crippen molar-refractivity contribution in [1.29, 1.82) is 5.26 Å². The zero-order valence-corrected chi connectivity index (χ0v) is 33.4. The van der Waals surface area contributed by atoms with E-state index in [0.29, 0.717) is 53.5 Å². The van der Waals surface area contributed by atoms with Crippen molar-refractivity contribution >= 4 is 40.7 Å². The van der Waals surface area contributed by atoms with E-state index >= 15 is 0 Å². The predicted molar refractivity (Wildman–Crippen MR) is 212 cm³/mol. The minimum atomic E-state index is -0.638. The van der Waals surface area contributed by atoms with Crippen LogP contribution in [0.25, 0.3) is 0 Å². The number of Topliss-reactive ketones (excluding diaryl/α,β-unsaturated/α-hetero) is 3. The SMILES string of the molecule is CC1(C)C(CC(=O)c2ccc(N3CCN(CCCCCOc4ccc(C(=O)NC5CCC(=O)CC5=O)nc4)CC3)nc2)C(C)(C)C1Oc1ccc(C#N)c(Cl)c1. The summed E-state index contributed by atoms with van der Waals surface area (Å²) in [5.74, 6) is 1.50. The van der Waals surface area contributed by atoms with Crippen LogP contribution in [0.1, 0.15) is 99.1 Å². The molecule has 0 radical (unpaired) electrons. The molecule has 296 valence electrons. The van der Waals surface area contributed by atoms with Gasteiger partial charge in [0.2, 0.25) is 0 Å². The Morgan fingerprint density at radius 2 is 1.70 bits per heavy atom. The number of pyridine rings is 2. The van der Waals surface area contributed by atoms with Crippen LogP contribution in [0.3, 0.4) is 0 Å². The fourth-order valence-electron chi connectivity index (χ4n) is 8.72. The molecule has 1 atom stereocenters. The number of nitrogens with one attached hydrogen (secondary N) is 1. The van der Waals surface area contributed by atoms with Crippen molar-refractivity contribution in [3.63, 3.8) is 0 Å². The molecule has 3 aliphatic rings. The number of ketones is 3. The molecule has 56 heavy (non-hydrogen) atoms. The van der Waals surface area contributed by atoms with Crippen LogP contribution in [0.5, 0.6) is 11.5 Å². The summed E-state index contributed by atoms with van der Waals surface area (Å²) in [5, 5.41) is 12.2. The number of piperazine rings is 1. The molecule has 12 nitrogen and oxygen atoms in total. The van der Waals surface area contributed by atoms with Crippen molar-refractivity contribution in [2.75, 3.05) is 44.2 Å². The smallest absolute Gasteiger partial charge is 0.270 e. The maximum absolute atomic E-state index is 13.5. The normalized spacial score (nSPS) is 21.8. The number of aromatic nitrogens is 2. The highest BCUT2D eigenvalue weighted by Gasteiger charge is 2.63. The van der Waals surface area contributed by atoms with Gasteiger partial charge < -0.3 is 19.7 Å². The molecule has 2 aromatic heterocycles. The molecule has 3 aromatic rings. The third-order valence-electron chi connectivity index (χ3n) is 11.8. The molecule has 2 aliphatic carbocycles. The Morgan fingerprint density at radius 3 is 2.34 bits per heavy atom. The fraction of sp³-hybridized carbons (Fsp3) is 0.512. The summed E-state index contributed by atoms with van der Waals surface area (Å²) in [4.78, 5) is 63.0. The van der Waals surface area contributed by atoms with Gasteiger partial charge in [0.25, 0.3) is 5.91 Å². The first-order chi connectivity index (χ1) is 26.8. The van der Waals surface area contributed by atoms with Gasteiger partial charge in [0, 0.05) is 67.7 Å². The number of carbonyl (C=O) groups is 4. The Bertz CT molecular complexity index is 1940. The lowest BCUT2D eigenvalue weighted by molar-refractivity contribution is -0.196. The number of halogens is 1. The molecule has 2 saturated carbocycles. The molecule has 1 N–H and O–H groups in total. The van der Waals surface area contributed by atoms with E-state index in [9.17, 15) is 24.4 Å². The van der Waals surface area contributed by atoms with Crippen molar-refractivity contribution in [3.8, 4) is 17.6 Å². The van der Waals surface area contributed by atoms with Crippen molar-refractivity contribution in [2.24, 2.45) is 16.7 Å². The van der Waals surface area contributed by atoms with Crippen molar-refractivity contribution in [1.82, 2.24) is 20.2 Å². The van der Waals surface area contributed by atoms with Crippen LogP contribution < -0.4 is 19.7 Å². The summed E-state index contributed by atoms with van der Waals surface area (Å²) in [6, 6.07) is 13.7. The van der Waals surface area contributed by atoms with Crippen LogP contribution in [0.4, 0.5) is 5.82 Å². The highest BCUT2D eigenvalue weighted by molar-refractivity contribution is 6.31. The summed E-state index contributed by atoms with van der Waals surface area (Å²) < 4.78 is 12.2. The zero-order valence-electron chi connectivity index (χ0n) is 32.7. The molecule has 6 rings (SSSR count). The Hall–Kier alpha value is -4.86. The van der Waals surface area contributed by atoms with Crippen LogP contribution in [0.15, 0.2) is 54.9 Å². The maximum atomic E-state index is 13.5. The highest BCUT2D eigenvalue weighted by atomic mass is 35.5. The zero-order chi connectivity index (χ0) is 40.0. The van der Waals surface area contributed by atoms with Crippen LogP contribution >= 0.6 is 11.6 Å². The Balaban J connectivity index is 0.865. The number of nitrogens with zero attached hydrogens (tertiary/aromatic N) is 5. The summed E-state index contributed by atoms with van der Waals surface area (Å²) in [5.41, 5.74) is 0.730. The number of hydrogen-bond donors (Lipinski definition) is 1. The van der Waals surface area contributed by atoms with Gasteiger partial charge in [0.15, 0.2) is 11.6 Å². The van der Waals surface area contributed by atoms with E-state index in [4.69, 9.17) is 26.1 Å². The molecule has 3 heterocycles. The van der Waals surface area contributed by atoms with Gasteiger partial charge in [0.05, 0.1) is 35.9 Å². The lowest BCUT2D eigenvalue weighted by Crippen LogP contribution is -2.66. The van der Waals surface area contributed by atoms with Gasteiger partial charge in [-0.25, -0.2) is 9.97 Å². The van der Waals surface area contributed by atoms with Crippen molar-refractivity contribution in [3.05, 3.63) is 76.7 Å². The molecule has 3 fully saturated rings. The van der Waals surface area contributed by atoms with Gasteiger partial charge in [-0.15, -0.1) is 0 Å². The Labute approximate surface area is 333 Å². The lowest BCUT2D eigenvalue weighted by atomic mass is 9.44. The lowest BCUT2D eigenvalue weighted by Gasteiger charge is -2.63. The number of rotatable bonds is 15. The molecule has 13 heteroatoms. The van der Waals surface area contributed by atoms with Crippen LogP contribution in [0, 0.1) is 28.1 Å². The highest BCUT2D eigenvalue weighted by Crippen LogP contribution is 2.61. The Kier molecular flexibility index (Phi) is 12.8. The first kappa shape index (κ1) is 40.8. The third kappa shape index (κ3) is 9.39. The average Bonchev–Trinajstić information content (AvgIpc) is 3.18. The monoisotopic (exact) mass is 782 g/mol. The summed E-state index contributed by atoms with van der Waals surface area (Å²) in [6.07, 6.45) is 7.00. The molecular weight excluding hydrogens is 732 g/mol. The first-order valence-corrected chi connectivity index (χ1v) is 19.9. The standard InChI is InChI=1S/C43H51ClN6O6/c1-42(2)38(43(3,4)41(42)56-31-11-8-28(25-45)33(44)23-31)24-36(52)29-9-15-39(47-26-29)50-19-17-49(18-20-50)16-6-5-7-21-55-32-12-14-35(46-27-32)40(54)48-34-13-10-30(51)22-37(34)53/h8-9,11-12,14-15,23,26-27,34,38,41H,5-7,10,13,16-22,24H2,1-4H3,(H,48,54). The number of benzene rings is 1. The second-order valence-electron chi connectivity index (χ2n) is 16.3. The number of hydrogen-bond acceptors (Lipinski definition) is 11. The number of ether oxygens (including phenoxy) is 2. The van der Waals surface area contributed by atoms with E-state index < -0.39 is 11.9 Å². The number of nitriles is 1. The van der Waals surface area contributed by atoms with E-state index in [0.717, 1.165) is 57.8 Å². The molecule has 1 aliphatic heterocycles. The number of carbonyl (C=O) groups excluding carboxylic acids is 4. The van der Waals surface area contributed by atoms with Gasteiger partial charge in [-0.2, -0.15) is 5.26 Å². The second-order valence-corrected chi connectivity index (χ2v) is 16.7. The maximum Gasteiger partial charge on any atom is 0.270 e. The molecular formula is C43H51ClN6O6. The predicted octanol–water partition coefficient (Wildman–Crippen LogP) is 6.50. The summed E-state index contributed by atoms with van der Waals surface area (Å²) in [7, 11) is 0. The number of unbranched alkanes of at least 4 members (excludes halogenated alkanes) is 2. The van der Waals surface area contributed by atoms with Gasteiger partial charge in [-0.1, -0.05) is 39.3 Å². The molecule has 0 spiro atoms. The van der Waals surface area contributed by atoms with Gasteiger partial charge in [-0.3, -0.25) is 24.1 Å². The minimum Gasteiger partial charge on any atom is -0.492 e. The third-order valence-corrected chi connectivity index (χ3v) is 12.1. The molecule has 1 saturated heterocycles. The van der Waals surface area contributed by atoms with Crippen molar-refractivity contribution in [2.45, 2.75) is 84.8 Å². The topological polar surface area (TPSA) is 155 Å². The first-order valence-electron chi connectivity index (χ1n) is 19.5. The van der Waals surface area contributed by atoms with E-state index in [1.807, 2.05) is 12.1 Å². The summed E-state index contributed by atoms with van der Waals surface area (Å²) >= 11 is 6.24. The minimum absolute atomic E-state index is 0.0785. The fourth-order valence-corrected chi connectivity index (χ4v) is 8.93. The van der Waals surface area contributed by atoms with Crippen molar-refractivity contribution < 1.29 is 28.7 Å². The Morgan fingerprint density at radius 1 is 0.946 bits per heavy atom. The number of anilines is 1. The van der Waals surface area contributed by atoms with Crippen LogP contribution in [0.2, 0.25) is 5.02 Å². The van der Waals surface area contributed by atoms with E-state index in [1.165, 1.54) is 6.20 Å². The van der Waals surface area contributed by atoms with Gasteiger partial charge in [0.1, 0.15) is 41.0 Å². The molecule has 1 amide bonds. The number of amides is 1. The van der Waals surface area contributed by atoms with Crippen LogP contribution in [-0.2, 0) is 9.59 Å². The molecule has 1 unspecified atom stereocenters. The average molecular weight is 783 g/mol. The summed E-state index contributed by atoms with van der Waals surface area (Å²) in [6.45, 7) is 13.8. The molecule has 1 aromatic carbocycles. The van der Waals surface area contributed by atoms with Gasteiger partial charge >= 0.3 is 0 Å². The van der Waals surface area contributed by atoms with E-state index in [2.05, 4.69) is 53.9 Å². The van der Waals surface area contributed by atoms with E-state index in [-0.39, 0.29) is 52.3 Å². The molecule has 0 bridgehead atoms. The van der Waals surface area contributed by atoms with E-state index in [1.54, 1.807) is 36.5 Å². The quantitative estimate of drug-likeness (QED) is 0.102. The van der Waals surface area contributed by atoms with Gasteiger partial charge in [-0.05, 0) is 74.5 Å². The van der Waals surface area contributed by atoms with Crippen LogP contribution in [-0.4, -0.2) is 89.6 Å². The largest absolute Gasteiger partial charge is 0.492 e.